The second-order valence-corrected chi connectivity index (χ2v) is 9.01. The lowest BCUT2D eigenvalue weighted by atomic mass is 9.85. The van der Waals surface area contributed by atoms with Crippen molar-refractivity contribution >= 4 is 41.9 Å². The Hall–Kier alpha value is -1.26. The molecule has 0 atom stereocenters. The maximum atomic E-state index is 12.3. The Bertz CT molecular complexity index is 570. The number of halogens is 1. The molecule has 1 aliphatic rings. The Labute approximate surface area is 205 Å². The molecule has 2 amide bonds. The number of ether oxygens (including phenoxy) is 1. The zero-order chi connectivity index (χ0) is 22.6. The summed E-state index contributed by atoms with van der Waals surface area (Å²) in [5.41, 5.74) is -0.994. The van der Waals surface area contributed by atoms with Crippen LogP contribution >= 0.6 is 24.0 Å². The summed E-state index contributed by atoms with van der Waals surface area (Å²) < 4.78 is 5.43. The molecule has 31 heavy (non-hydrogen) atoms. The first-order valence-corrected chi connectivity index (χ1v) is 11.5. The maximum Gasteiger partial charge on any atom is 0.408 e. The van der Waals surface area contributed by atoms with Gasteiger partial charge in [0.15, 0.2) is 5.96 Å². The van der Waals surface area contributed by atoms with Crippen LogP contribution < -0.4 is 21.3 Å². The molecule has 0 aromatic rings. The highest BCUT2D eigenvalue weighted by atomic mass is 127. The quantitative estimate of drug-likeness (QED) is 0.136. The SMILES string of the molecule is CCNC(=NCC(CC)(CC)NC(=O)OC(C)(C)C)NCCCNC(=O)C1CCC1.I. The Kier molecular flexibility index (Phi) is 14.1. The number of guanidine groups is 1. The lowest BCUT2D eigenvalue weighted by molar-refractivity contribution is -0.127. The summed E-state index contributed by atoms with van der Waals surface area (Å²) in [6, 6.07) is 0. The van der Waals surface area contributed by atoms with Crippen molar-refractivity contribution in [2.24, 2.45) is 10.9 Å². The lowest BCUT2D eigenvalue weighted by Gasteiger charge is -2.32. The van der Waals surface area contributed by atoms with E-state index in [1.54, 1.807) is 0 Å². The molecular weight excluding hydrogens is 509 g/mol. The standard InChI is InChI=1S/C22H43N5O3.HI/c1-7-22(8-2,27-20(29)30-21(4,5)6)16-26-19(23-9-3)25-15-11-14-24-18(28)17-12-10-13-17;/h17H,7-16H2,1-6H3,(H,24,28)(H,27,29)(H2,23,25,26);1H. The number of hydrogen-bond acceptors (Lipinski definition) is 4. The molecule has 0 bridgehead atoms. The molecule has 1 aliphatic carbocycles. The smallest absolute Gasteiger partial charge is 0.408 e. The molecule has 0 unspecified atom stereocenters. The molecule has 0 saturated heterocycles. The highest BCUT2D eigenvalue weighted by molar-refractivity contribution is 14.0. The van der Waals surface area contributed by atoms with Crippen LogP contribution in [0.1, 0.15) is 80.1 Å². The van der Waals surface area contributed by atoms with Crippen molar-refractivity contribution in [1.82, 2.24) is 21.3 Å². The van der Waals surface area contributed by atoms with Crippen molar-refractivity contribution in [3.63, 3.8) is 0 Å². The summed E-state index contributed by atoms with van der Waals surface area (Å²) in [4.78, 5) is 28.9. The van der Waals surface area contributed by atoms with Crippen LogP contribution in [0.15, 0.2) is 4.99 Å². The van der Waals surface area contributed by atoms with E-state index in [9.17, 15) is 9.59 Å². The number of amides is 2. The van der Waals surface area contributed by atoms with E-state index in [0.717, 1.165) is 38.6 Å². The lowest BCUT2D eigenvalue weighted by Crippen LogP contribution is -2.52. The van der Waals surface area contributed by atoms with Crippen LogP contribution in [0.3, 0.4) is 0 Å². The number of rotatable bonds is 11. The molecule has 0 heterocycles. The van der Waals surface area contributed by atoms with Gasteiger partial charge in [-0.1, -0.05) is 20.3 Å². The van der Waals surface area contributed by atoms with Gasteiger partial charge in [-0.25, -0.2) is 4.79 Å². The number of hydrogen-bond donors (Lipinski definition) is 4. The van der Waals surface area contributed by atoms with E-state index in [1.165, 1.54) is 6.42 Å². The van der Waals surface area contributed by atoms with Crippen LogP contribution in [0, 0.1) is 5.92 Å². The Morgan fingerprint density at radius 1 is 1.00 bits per heavy atom. The molecule has 182 valence electrons. The van der Waals surface area contributed by atoms with Crippen LogP contribution in [-0.2, 0) is 9.53 Å². The number of aliphatic imine (C=N–C) groups is 1. The molecule has 0 aromatic heterocycles. The summed E-state index contributed by atoms with van der Waals surface area (Å²) in [6.07, 6.45) is 5.12. The fourth-order valence-electron chi connectivity index (χ4n) is 3.10. The van der Waals surface area contributed by atoms with Crippen LogP contribution in [-0.4, -0.2) is 55.3 Å². The fraction of sp³-hybridized carbons (Fsp3) is 0.864. The first-order chi connectivity index (χ1) is 14.1. The summed E-state index contributed by atoms with van der Waals surface area (Å²) in [5.74, 6) is 1.12. The largest absolute Gasteiger partial charge is 0.444 e. The number of nitrogens with one attached hydrogen (secondary N) is 4. The maximum absolute atomic E-state index is 12.3. The van der Waals surface area contributed by atoms with Gasteiger partial charge in [-0.3, -0.25) is 9.79 Å². The van der Waals surface area contributed by atoms with Gasteiger partial charge in [-0.2, -0.15) is 0 Å². The average Bonchev–Trinajstić information content (AvgIpc) is 2.61. The van der Waals surface area contributed by atoms with E-state index in [1.807, 2.05) is 41.5 Å². The van der Waals surface area contributed by atoms with Gasteiger partial charge in [0, 0.05) is 25.6 Å². The second-order valence-electron chi connectivity index (χ2n) is 9.01. The van der Waals surface area contributed by atoms with E-state index < -0.39 is 17.2 Å². The number of nitrogens with zero attached hydrogens (tertiary/aromatic N) is 1. The zero-order valence-electron chi connectivity index (χ0n) is 20.2. The second kappa shape index (κ2) is 14.7. The van der Waals surface area contributed by atoms with E-state index in [-0.39, 0.29) is 35.8 Å². The first kappa shape index (κ1) is 29.7. The predicted octanol–water partition coefficient (Wildman–Crippen LogP) is 3.55. The van der Waals surface area contributed by atoms with Crippen molar-refractivity contribution in [3.8, 4) is 0 Å². The van der Waals surface area contributed by atoms with Gasteiger partial charge in [0.2, 0.25) is 5.91 Å². The van der Waals surface area contributed by atoms with Crippen LogP contribution in [0.5, 0.6) is 0 Å². The molecule has 1 saturated carbocycles. The molecule has 9 heteroatoms. The Balaban J connectivity index is 0.00000900. The topological polar surface area (TPSA) is 104 Å². The monoisotopic (exact) mass is 553 g/mol. The third-order valence-corrected chi connectivity index (χ3v) is 5.42. The van der Waals surface area contributed by atoms with Gasteiger partial charge in [0.25, 0.3) is 0 Å². The minimum Gasteiger partial charge on any atom is -0.444 e. The van der Waals surface area contributed by atoms with Gasteiger partial charge in [-0.15, -0.1) is 24.0 Å². The molecule has 4 N–H and O–H groups in total. The highest BCUT2D eigenvalue weighted by Crippen LogP contribution is 2.26. The van der Waals surface area contributed by atoms with Crippen molar-refractivity contribution in [2.75, 3.05) is 26.2 Å². The molecule has 0 radical (unpaired) electrons. The Morgan fingerprint density at radius 3 is 2.10 bits per heavy atom. The normalized spacial score (nSPS) is 14.7. The zero-order valence-corrected chi connectivity index (χ0v) is 22.6. The van der Waals surface area contributed by atoms with Crippen molar-refractivity contribution in [2.45, 2.75) is 91.2 Å². The molecule has 1 rings (SSSR count). The van der Waals surface area contributed by atoms with Crippen molar-refractivity contribution < 1.29 is 14.3 Å². The summed E-state index contributed by atoms with van der Waals surface area (Å²) in [6.45, 7) is 14.2. The molecule has 1 fully saturated rings. The summed E-state index contributed by atoms with van der Waals surface area (Å²) >= 11 is 0. The minimum absolute atomic E-state index is 0. The third-order valence-electron chi connectivity index (χ3n) is 5.42. The van der Waals surface area contributed by atoms with Gasteiger partial charge in [-0.05, 0) is 59.8 Å². The summed E-state index contributed by atoms with van der Waals surface area (Å²) in [5, 5.41) is 12.6. The molecule has 0 aromatic carbocycles. The van der Waals surface area contributed by atoms with Crippen molar-refractivity contribution in [1.29, 1.82) is 0 Å². The number of alkyl carbamates (subject to hydrolysis) is 1. The van der Waals surface area contributed by atoms with Gasteiger partial charge >= 0.3 is 6.09 Å². The van der Waals surface area contributed by atoms with Gasteiger partial charge < -0.3 is 26.0 Å². The highest BCUT2D eigenvalue weighted by Gasteiger charge is 2.30. The van der Waals surface area contributed by atoms with Crippen molar-refractivity contribution in [3.05, 3.63) is 0 Å². The van der Waals surface area contributed by atoms with Gasteiger partial charge in [0.1, 0.15) is 5.60 Å². The predicted molar refractivity (Wildman–Crippen MR) is 137 cm³/mol. The third kappa shape index (κ3) is 11.8. The molecule has 0 spiro atoms. The number of carbonyl (C=O) groups is 2. The molecule has 0 aliphatic heterocycles. The fourth-order valence-corrected chi connectivity index (χ4v) is 3.10. The minimum atomic E-state index is -0.537. The van der Waals surface area contributed by atoms with E-state index in [4.69, 9.17) is 9.73 Å². The number of carbonyl (C=O) groups excluding carboxylic acids is 2. The molecular formula is C22H44IN5O3. The average molecular weight is 554 g/mol. The van der Waals surface area contributed by atoms with Gasteiger partial charge in [0.05, 0.1) is 12.1 Å². The van der Waals surface area contributed by atoms with Crippen LogP contribution in [0.4, 0.5) is 4.79 Å². The first-order valence-electron chi connectivity index (χ1n) is 11.5. The summed E-state index contributed by atoms with van der Waals surface area (Å²) in [7, 11) is 0. The molecule has 8 nitrogen and oxygen atoms in total. The Morgan fingerprint density at radius 2 is 1.61 bits per heavy atom. The van der Waals surface area contributed by atoms with E-state index in [2.05, 4.69) is 21.3 Å². The van der Waals surface area contributed by atoms with E-state index in [0.29, 0.717) is 25.6 Å². The van der Waals surface area contributed by atoms with E-state index >= 15 is 0 Å². The van der Waals surface area contributed by atoms with Crippen LogP contribution in [0.25, 0.3) is 0 Å². The van der Waals surface area contributed by atoms with Crippen LogP contribution in [0.2, 0.25) is 0 Å².